The molecule has 2 aliphatic rings. The largest absolute Gasteiger partial charge is 0.356 e. The van der Waals surface area contributed by atoms with Gasteiger partial charge in [-0.25, -0.2) is 0 Å². The summed E-state index contributed by atoms with van der Waals surface area (Å²) in [5.74, 6) is 3.32. The third kappa shape index (κ3) is 4.88. The summed E-state index contributed by atoms with van der Waals surface area (Å²) in [7, 11) is 0. The first-order valence-electron chi connectivity index (χ1n) is 8.54. The smallest absolute Gasteiger partial charge is 0.224 e. The summed E-state index contributed by atoms with van der Waals surface area (Å²) >= 11 is 8.19. The lowest BCUT2D eigenvalue weighted by Gasteiger charge is -2.35. The van der Waals surface area contributed by atoms with Crippen molar-refractivity contribution in [2.45, 2.75) is 31.7 Å². The summed E-state index contributed by atoms with van der Waals surface area (Å²) in [4.78, 5) is 14.8. The van der Waals surface area contributed by atoms with E-state index >= 15 is 0 Å². The van der Waals surface area contributed by atoms with Crippen molar-refractivity contribution in [1.29, 1.82) is 0 Å². The van der Waals surface area contributed by atoms with E-state index in [9.17, 15) is 4.79 Å². The molecule has 3 rings (SSSR count). The Morgan fingerprint density at radius 1 is 1.26 bits per heavy atom. The molecule has 23 heavy (non-hydrogen) atoms. The van der Waals surface area contributed by atoms with Crippen LogP contribution in [0.25, 0.3) is 0 Å². The maximum Gasteiger partial charge on any atom is 0.224 e. The van der Waals surface area contributed by atoms with Gasteiger partial charge in [0, 0.05) is 23.4 Å². The molecule has 3 nitrogen and oxygen atoms in total. The molecule has 1 amide bonds. The quantitative estimate of drug-likeness (QED) is 0.883. The van der Waals surface area contributed by atoms with E-state index in [-0.39, 0.29) is 5.91 Å². The zero-order chi connectivity index (χ0) is 16.1. The number of likely N-dealkylation sites (tertiary alicyclic amines) is 1. The van der Waals surface area contributed by atoms with E-state index < -0.39 is 0 Å². The van der Waals surface area contributed by atoms with Gasteiger partial charge in [0.15, 0.2) is 0 Å². The number of halogens is 1. The number of hydrogen-bond donors (Lipinski definition) is 1. The molecule has 0 spiro atoms. The number of rotatable bonds is 5. The number of thioether (sulfide) groups is 1. The van der Waals surface area contributed by atoms with E-state index in [1.165, 1.54) is 43.9 Å². The Bertz CT molecular complexity index is 526. The van der Waals surface area contributed by atoms with Crippen LogP contribution >= 0.6 is 23.4 Å². The van der Waals surface area contributed by atoms with Gasteiger partial charge in [0.1, 0.15) is 0 Å². The van der Waals surface area contributed by atoms with E-state index in [1.807, 2.05) is 24.3 Å². The van der Waals surface area contributed by atoms with Gasteiger partial charge in [0.05, 0.1) is 6.42 Å². The number of nitrogens with one attached hydrogen (secondary N) is 1. The topological polar surface area (TPSA) is 32.3 Å². The van der Waals surface area contributed by atoms with Crippen molar-refractivity contribution in [3.63, 3.8) is 0 Å². The Hall–Kier alpha value is -0.710. The fourth-order valence-electron chi connectivity index (χ4n) is 3.47. The number of piperidine rings is 1. The van der Waals surface area contributed by atoms with Crippen LogP contribution in [0.3, 0.4) is 0 Å². The Labute approximate surface area is 148 Å². The van der Waals surface area contributed by atoms with Crippen molar-refractivity contribution < 1.29 is 4.79 Å². The van der Waals surface area contributed by atoms with E-state index in [4.69, 9.17) is 11.6 Å². The van der Waals surface area contributed by atoms with E-state index in [1.54, 1.807) is 0 Å². The number of nitrogens with zero attached hydrogens (tertiary/aromatic N) is 1. The molecule has 0 bridgehead atoms. The van der Waals surface area contributed by atoms with Gasteiger partial charge in [-0.15, -0.1) is 0 Å². The lowest BCUT2D eigenvalue weighted by molar-refractivity contribution is -0.120. The van der Waals surface area contributed by atoms with Gasteiger partial charge >= 0.3 is 0 Å². The van der Waals surface area contributed by atoms with Crippen molar-refractivity contribution >= 4 is 29.3 Å². The van der Waals surface area contributed by atoms with Gasteiger partial charge in [-0.1, -0.05) is 29.8 Å². The standard InChI is InChI=1S/C18H25ClN2OS/c19-17-4-2-1-3-15(17)11-18(22)20-12-14-5-8-21(9-6-14)16-7-10-23-13-16/h1-4,14,16H,5-13H2,(H,20,22). The molecule has 1 aromatic rings. The molecule has 2 aliphatic heterocycles. The minimum atomic E-state index is 0.0766. The van der Waals surface area contributed by atoms with Gasteiger partial charge in [0.2, 0.25) is 5.91 Å². The van der Waals surface area contributed by atoms with Crippen molar-refractivity contribution in [2.75, 3.05) is 31.1 Å². The van der Waals surface area contributed by atoms with Crippen LogP contribution < -0.4 is 5.32 Å². The van der Waals surface area contributed by atoms with Gasteiger partial charge in [-0.3, -0.25) is 9.69 Å². The molecule has 1 atom stereocenters. The summed E-state index contributed by atoms with van der Waals surface area (Å²) in [6.07, 6.45) is 4.13. The monoisotopic (exact) mass is 352 g/mol. The highest BCUT2D eigenvalue weighted by Gasteiger charge is 2.27. The predicted molar refractivity (Wildman–Crippen MR) is 98.2 cm³/mol. The summed E-state index contributed by atoms with van der Waals surface area (Å²) in [6.45, 7) is 3.18. The van der Waals surface area contributed by atoms with Gasteiger partial charge in [-0.2, -0.15) is 11.8 Å². The van der Waals surface area contributed by atoms with Crippen molar-refractivity contribution in [1.82, 2.24) is 10.2 Å². The molecule has 2 heterocycles. The van der Waals surface area contributed by atoms with Crippen LogP contribution in [0.2, 0.25) is 5.02 Å². The summed E-state index contributed by atoms with van der Waals surface area (Å²) in [5, 5.41) is 3.76. The SMILES string of the molecule is O=C(Cc1ccccc1Cl)NCC1CCN(C2CCSC2)CC1. The third-order valence-electron chi connectivity index (χ3n) is 4.97. The number of amides is 1. The van der Waals surface area contributed by atoms with Gasteiger partial charge in [0.25, 0.3) is 0 Å². The van der Waals surface area contributed by atoms with Crippen molar-refractivity contribution in [3.05, 3.63) is 34.9 Å². The maximum absolute atomic E-state index is 12.1. The molecule has 0 aliphatic carbocycles. The minimum absolute atomic E-state index is 0.0766. The molecule has 126 valence electrons. The van der Waals surface area contributed by atoms with Crippen LogP contribution in [0.5, 0.6) is 0 Å². The summed E-state index contributed by atoms with van der Waals surface area (Å²) in [6, 6.07) is 8.36. The number of hydrogen-bond acceptors (Lipinski definition) is 3. The molecular formula is C18H25ClN2OS. The molecule has 1 N–H and O–H groups in total. The van der Waals surface area contributed by atoms with Crippen LogP contribution in [0.15, 0.2) is 24.3 Å². The molecule has 0 saturated carbocycles. The fourth-order valence-corrected chi connectivity index (χ4v) is 4.93. The molecule has 5 heteroatoms. The molecular weight excluding hydrogens is 328 g/mol. The van der Waals surface area contributed by atoms with Gasteiger partial charge < -0.3 is 5.32 Å². The Balaban J connectivity index is 1.38. The lowest BCUT2D eigenvalue weighted by Crippen LogP contribution is -2.43. The molecule has 1 aromatic carbocycles. The Morgan fingerprint density at radius 3 is 2.74 bits per heavy atom. The van der Waals surface area contributed by atoms with Gasteiger partial charge in [-0.05, 0) is 55.7 Å². The van der Waals surface area contributed by atoms with Crippen molar-refractivity contribution in [2.24, 2.45) is 5.92 Å². The maximum atomic E-state index is 12.1. The van der Waals surface area contributed by atoms with E-state index in [2.05, 4.69) is 22.0 Å². The number of carbonyl (C=O) groups excluding carboxylic acids is 1. The third-order valence-corrected chi connectivity index (χ3v) is 6.48. The Morgan fingerprint density at radius 2 is 2.04 bits per heavy atom. The highest BCUT2D eigenvalue weighted by molar-refractivity contribution is 7.99. The lowest BCUT2D eigenvalue weighted by atomic mass is 9.95. The molecule has 1 unspecified atom stereocenters. The molecule has 2 fully saturated rings. The second-order valence-corrected chi connectivity index (χ2v) is 8.13. The average Bonchev–Trinajstić information content (AvgIpc) is 3.10. The predicted octanol–water partition coefficient (Wildman–Crippen LogP) is 3.22. The van der Waals surface area contributed by atoms with Crippen LogP contribution in [0.1, 0.15) is 24.8 Å². The normalized spacial score (nSPS) is 23.1. The average molecular weight is 353 g/mol. The zero-order valence-corrected chi connectivity index (χ0v) is 15.0. The molecule has 0 radical (unpaired) electrons. The van der Waals surface area contributed by atoms with E-state index in [0.29, 0.717) is 17.4 Å². The molecule has 0 aromatic heterocycles. The first-order chi connectivity index (χ1) is 11.2. The number of benzene rings is 1. The first kappa shape index (κ1) is 17.1. The highest BCUT2D eigenvalue weighted by atomic mass is 35.5. The van der Waals surface area contributed by atoms with Crippen LogP contribution in [-0.4, -0.2) is 48.0 Å². The second-order valence-electron chi connectivity index (χ2n) is 6.57. The molecule has 2 saturated heterocycles. The fraction of sp³-hybridized carbons (Fsp3) is 0.611. The van der Waals surface area contributed by atoms with Crippen LogP contribution in [0, 0.1) is 5.92 Å². The summed E-state index contributed by atoms with van der Waals surface area (Å²) < 4.78 is 0. The summed E-state index contributed by atoms with van der Waals surface area (Å²) in [5.41, 5.74) is 0.903. The minimum Gasteiger partial charge on any atom is -0.356 e. The number of carbonyl (C=O) groups is 1. The van der Waals surface area contributed by atoms with Crippen LogP contribution in [-0.2, 0) is 11.2 Å². The van der Waals surface area contributed by atoms with Crippen molar-refractivity contribution in [3.8, 4) is 0 Å². The highest BCUT2D eigenvalue weighted by Crippen LogP contribution is 2.26. The van der Waals surface area contributed by atoms with E-state index in [0.717, 1.165) is 18.2 Å². The second kappa shape index (κ2) is 8.41. The van der Waals surface area contributed by atoms with Crippen LogP contribution in [0.4, 0.5) is 0 Å². The first-order valence-corrected chi connectivity index (χ1v) is 10.1. The zero-order valence-electron chi connectivity index (χ0n) is 13.5. The Kier molecular flexibility index (Phi) is 6.26.